The number of rotatable bonds is 3. The van der Waals surface area contributed by atoms with Gasteiger partial charge in [-0.3, -0.25) is 0 Å². The molecule has 0 radical (unpaired) electrons. The Labute approximate surface area is 150 Å². The second-order valence-electron chi connectivity index (χ2n) is 7.03. The first-order chi connectivity index (χ1) is 12.1. The average molecular weight is 347 g/mol. The standard InChI is InChI=1S/C18H29N5O2/c1-4-25-18(24)22-10-8-21(9-11-22)16-12-15(3)19-17(20-16)23-7-5-6-14(2)13-23/h12,14H,4-11,13H2,1-3H3. The minimum Gasteiger partial charge on any atom is -0.450 e. The highest BCUT2D eigenvalue weighted by atomic mass is 16.6. The molecule has 25 heavy (non-hydrogen) atoms. The molecule has 1 unspecified atom stereocenters. The van der Waals surface area contributed by atoms with Gasteiger partial charge in [-0.1, -0.05) is 6.92 Å². The van der Waals surface area contributed by atoms with Gasteiger partial charge in [0.1, 0.15) is 5.82 Å². The minimum atomic E-state index is -0.219. The van der Waals surface area contributed by atoms with Gasteiger partial charge < -0.3 is 19.4 Å². The van der Waals surface area contributed by atoms with Crippen LogP contribution in [0.15, 0.2) is 6.07 Å². The van der Waals surface area contributed by atoms with E-state index in [1.54, 1.807) is 4.90 Å². The molecule has 0 saturated carbocycles. The molecule has 7 heteroatoms. The first kappa shape index (κ1) is 17.8. The predicted molar refractivity (Wildman–Crippen MR) is 98.2 cm³/mol. The molecule has 0 aliphatic carbocycles. The molecule has 1 aromatic rings. The van der Waals surface area contributed by atoms with Gasteiger partial charge in [-0.15, -0.1) is 0 Å². The van der Waals surface area contributed by atoms with Crippen molar-refractivity contribution in [1.82, 2.24) is 14.9 Å². The zero-order valence-electron chi connectivity index (χ0n) is 15.6. The van der Waals surface area contributed by atoms with Gasteiger partial charge in [0, 0.05) is 51.0 Å². The van der Waals surface area contributed by atoms with Crippen LogP contribution in [0.2, 0.25) is 0 Å². The first-order valence-corrected chi connectivity index (χ1v) is 9.34. The second kappa shape index (κ2) is 7.89. The number of amides is 1. The number of hydrogen-bond acceptors (Lipinski definition) is 6. The van der Waals surface area contributed by atoms with E-state index in [2.05, 4.69) is 21.7 Å². The summed E-state index contributed by atoms with van der Waals surface area (Å²) < 4.78 is 5.09. The fraction of sp³-hybridized carbons (Fsp3) is 0.722. The van der Waals surface area contributed by atoms with Crippen molar-refractivity contribution in [3.05, 3.63) is 11.8 Å². The Kier molecular flexibility index (Phi) is 5.60. The van der Waals surface area contributed by atoms with E-state index in [0.717, 1.165) is 43.6 Å². The van der Waals surface area contributed by atoms with Crippen molar-refractivity contribution in [2.24, 2.45) is 5.92 Å². The number of carbonyl (C=O) groups excluding carboxylic acids is 1. The summed E-state index contributed by atoms with van der Waals surface area (Å²) >= 11 is 0. The third-order valence-electron chi connectivity index (χ3n) is 4.90. The fourth-order valence-corrected chi connectivity index (χ4v) is 3.54. The molecule has 2 aliphatic heterocycles. The quantitative estimate of drug-likeness (QED) is 0.836. The summed E-state index contributed by atoms with van der Waals surface area (Å²) in [6, 6.07) is 2.04. The van der Waals surface area contributed by atoms with Crippen LogP contribution >= 0.6 is 0 Å². The molecule has 2 saturated heterocycles. The Bertz CT molecular complexity index is 601. The molecule has 3 rings (SSSR count). The zero-order valence-corrected chi connectivity index (χ0v) is 15.6. The number of piperazine rings is 1. The van der Waals surface area contributed by atoms with Crippen molar-refractivity contribution in [3.8, 4) is 0 Å². The molecule has 3 heterocycles. The van der Waals surface area contributed by atoms with Crippen LogP contribution in [0.4, 0.5) is 16.6 Å². The van der Waals surface area contributed by atoms with E-state index < -0.39 is 0 Å². The summed E-state index contributed by atoms with van der Waals surface area (Å²) in [7, 11) is 0. The van der Waals surface area contributed by atoms with E-state index >= 15 is 0 Å². The van der Waals surface area contributed by atoms with Crippen molar-refractivity contribution in [1.29, 1.82) is 0 Å². The van der Waals surface area contributed by atoms with E-state index in [1.807, 2.05) is 19.9 Å². The van der Waals surface area contributed by atoms with Crippen molar-refractivity contribution < 1.29 is 9.53 Å². The summed E-state index contributed by atoms with van der Waals surface area (Å²) in [4.78, 5) is 27.6. The predicted octanol–water partition coefficient (Wildman–Crippen LogP) is 2.30. The van der Waals surface area contributed by atoms with Gasteiger partial charge in [-0.2, -0.15) is 4.98 Å². The highest BCUT2D eigenvalue weighted by Gasteiger charge is 2.24. The number of hydrogen-bond donors (Lipinski definition) is 0. The molecule has 138 valence electrons. The van der Waals surface area contributed by atoms with E-state index in [4.69, 9.17) is 9.72 Å². The van der Waals surface area contributed by atoms with Crippen LogP contribution < -0.4 is 9.80 Å². The van der Waals surface area contributed by atoms with E-state index in [-0.39, 0.29) is 6.09 Å². The smallest absolute Gasteiger partial charge is 0.409 e. The van der Waals surface area contributed by atoms with Crippen LogP contribution in [0.25, 0.3) is 0 Å². The Hall–Kier alpha value is -2.05. The van der Waals surface area contributed by atoms with Crippen LogP contribution in [0.3, 0.4) is 0 Å². The first-order valence-electron chi connectivity index (χ1n) is 9.34. The second-order valence-corrected chi connectivity index (χ2v) is 7.03. The SMILES string of the molecule is CCOC(=O)N1CCN(c2cc(C)nc(N3CCCC(C)C3)n2)CC1. The monoisotopic (exact) mass is 347 g/mol. The van der Waals surface area contributed by atoms with Gasteiger partial charge in [0.15, 0.2) is 0 Å². The summed E-state index contributed by atoms with van der Waals surface area (Å²) in [6.07, 6.45) is 2.26. The Balaban J connectivity index is 1.68. The number of anilines is 2. The third kappa shape index (κ3) is 4.32. The molecular formula is C18H29N5O2. The Morgan fingerprint density at radius 3 is 2.64 bits per heavy atom. The lowest BCUT2D eigenvalue weighted by Crippen LogP contribution is -2.49. The number of ether oxygens (including phenoxy) is 1. The maximum atomic E-state index is 11.8. The van der Waals surface area contributed by atoms with Gasteiger partial charge in [0.2, 0.25) is 5.95 Å². The minimum absolute atomic E-state index is 0.219. The van der Waals surface area contributed by atoms with E-state index in [9.17, 15) is 4.79 Å². The van der Waals surface area contributed by atoms with Gasteiger partial charge in [-0.25, -0.2) is 9.78 Å². The zero-order chi connectivity index (χ0) is 17.8. The molecule has 1 atom stereocenters. The molecule has 2 aliphatic rings. The lowest BCUT2D eigenvalue weighted by Gasteiger charge is -2.36. The molecule has 0 N–H and O–H groups in total. The maximum Gasteiger partial charge on any atom is 0.409 e. The molecule has 2 fully saturated rings. The number of nitrogens with zero attached hydrogens (tertiary/aromatic N) is 5. The Morgan fingerprint density at radius 2 is 1.96 bits per heavy atom. The molecule has 1 aromatic heterocycles. The van der Waals surface area contributed by atoms with Crippen LogP contribution in [0.5, 0.6) is 0 Å². The van der Waals surface area contributed by atoms with Crippen LogP contribution in [0, 0.1) is 12.8 Å². The third-order valence-corrected chi connectivity index (χ3v) is 4.90. The van der Waals surface area contributed by atoms with E-state index in [1.165, 1.54) is 12.8 Å². The lowest BCUT2D eigenvalue weighted by atomic mass is 10.0. The molecule has 0 spiro atoms. The maximum absolute atomic E-state index is 11.8. The highest BCUT2D eigenvalue weighted by molar-refractivity contribution is 5.68. The molecule has 0 aromatic carbocycles. The molecule has 7 nitrogen and oxygen atoms in total. The molecule has 0 bridgehead atoms. The van der Waals surface area contributed by atoms with Crippen molar-refractivity contribution >= 4 is 17.9 Å². The van der Waals surface area contributed by atoms with Gasteiger partial charge >= 0.3 is 6.09 Å². The van der Waals surface area contributed by atoms with Crippen molar-refractivity contribution in [3.63, 3.8) is 0 Å². The van der Waals surface area contributed by atoms with Crippen molar-refractivity contribution in [2.75, 3.05) is 55.7 Å². The van der Waals surface area contributed by atoms with E-state index in [0.29, 0.717) is 25.6 Å². The lowest BCUT2D eigenvalue weighted by molar-refractivity contribution is 0.105. The number of aromatic nitrogens is 2. The largest absolute Gasteiger partial charge is 0.450 e. The topological polar surface area (TPSA) is 61.8 Å². The van der Waals surface area contributed by atoms with Gasteiger partial charge in [-0.05, 0) is 32.6 Å². The summed E-state index contributed by atoms with van der Waals surface area (Å²) in [5.41, 5.74) is 0.992. The average Bonchev–Trinajstić information content (AvgIpc) is 2.61. The van der Waals surface area contributed by atoms with Crippen LogP contribution in [-0.4, -0.2) is 66.8 Å². The number of piperidine rings is 1. The van der Waals surface area contributed by atoms with Crippen LogP contribution in [-0.2, 0) is 4.74 Å². The Morgan fingerprint density at radius 1 is 1.20 bits per heavy atom. The highest BCUT2D eigenvalue weighted by Crippen LogP contribution is 2.23. The normalized spacial score (nSPS) is 21.4. The summed E-state index contributed by atoms with van der Waals surface area (Å²) in [6.45, 7) is 11.5. The number of carbonyl (C=O) groups is 1. The summed E-state index contributed by atoms with van der Waals surface area (Å²) in [5.74, 6) is 2.49. The van der Waals surface area contributed by atoms with Gasteiger partial charge in [0.05, 0.1) is 6.61 Å². The fourth-order valence-electron chi connectivity index (χ4n) is 3.54. The molecular weight excluding hydrogens is 318 g/mol. The van der Waals surface area contributed by atoms with Crippen LogP contribution in [0.1, 0.15) is 32.4 Å². The molecule has 1 amide bonds. The number of aryl methyl sites for hydroxylation is 1. The van der Waals surface area contributed by atoms with Gasteiger partial charge in [0.25, 0.3) is 0 Å². The van der Waals surface area contributed by atoms with Crippen molar-refractivity contribution in [2.45, 2.75) is 33.6 Å². The summed E-state index contributed by atoms with van der Waals surface area (Å²) in [5, 5.41) is 0.